The molecule has 0 aromatic rings. The topological polar surface area (TPSA) is 54.4 Å². The Kier molecular flexibility index (Phi) is 13.5. The van der Waals surface area contributed by atoms with E-state index in [0.717, 1.165) is 12.8 Å². The van der Waals surface area contributed by atoms with Crippen LogP contribution in [0.15, 0.2) is 0 Å². The highest BCUT2D eigenvalue weighted by atomic mass is 32.2. The molecule has 1 N–H and O–H groups in total. The first-order valence-corrected chi connectivity index (χ1v) is 10.4. The van der Waals surface area contributed by atoms with Gasteiger partial charge in [0.1, 0.15) is 0 Å². The molecule has 0 amide bonds. The van der Waals surface area contributed by atoms with Crippen LogP contribution in [0.1, 0.15) is 104 Å². The van der Waals surface area contributed by atoms with Crippen LogP contribution in [0.4, 0.5) is 0 Å². The van der Waals surface area contributed by atoms with Gasteiger partial charge < -0.3 is 0 Å². The Labute approximate surface area is 132 Å². The van der Waals surface area contributed by atoms with E-state index in [1.807, 2.05) is 0 Å². The quantitative estimate of drug-likeness (QED) is 0.309. The number of unbranched alkanes of at least 4 members (excludes halogenated alkanes) is 12. The van der Waals surface area contributed by atoms with Gasteiger partial charge in [-0.2, -0.15) is 8.42 Å². The van der Waals surface area contributed by atoms with Crippen molar-refractivity contribution in [2.24, 2.45) is 0 Å². The van der Waals surface area contributed by atoms with Gasteiger partial charge in [-0.05, 0) is 13.3 Å². The SMILES string of the molecule is CCCCCCCCCCCCCCCC(C)S(=O)(=O)O. The molecule has 1 unspecified atom stereocenters. The highest BCUT2D eigenvalue weighted by Crippen LogP contribution is 2.14. The summed E-state index contributed by atoms with van der Waals surface area (Å²) >= 11 is 0. The smallest absolute Gasteiger partial charge is 0.267 e. The Morgan fingerprint density at radius 3 is 1.38 bits per heavy atom. The van der Waals surface area contributed by atoms with Gasteiger partial charge in [0.2, 0.25) is 0 Å². The molecule has 0 aliphatic rings. The van der Waals surface area contributed by atoms with Gasteiger partial charge in [0.05, 0.1) is 5.25 Å². The van der Waals surface area contributed by atoms with Crippen molar-refractivity contribution in [2.75, 3.05) is 0 Å². The van der Waals surface area contributed by atoms with E-state index in [1.54, 1.807) is 6.92 Å². The summed E-state index contributed by atoms with van der Waals surface area (Å²) in [6, 6.07) is 0. The minimum atomic E-state index is -3.82. The fraction of sp³-hybridized carbons (Fsp3) is 1.00. The molecule has 0 saturated carbocycles. The third kappa shape index (κ3) is 14.6. The molecular weight excluding hydrogens is 284 g/mol. The van der Waals surface area contributed by atoms with Crippen molar-refractivity contribution in [1.82, 2.24) is 0 Å². The largest absolute Gasteiger partial charge is 0.285 e. The Bertz CT molecular complexity index is 312. The van der Waals surface area contributed by atoms with Gasteiger partial charge in [0.15, 0.2) is 0 Å². The zero-order chi connectivity index (χ0) is 16.0. The summed E-state index contributed by atoms with van der Waals surface area (Å²) < 4.78 is 30.5. The summed E-state index contributed by atoms with van der Waals surface area (Å²) in [4.78, 5) is 0. The molecule has 0 aliphatic carbocycles. The first-order chi connectivity index (χ1) is 9.98. The van der Waals surface area contributed by atoms with Gasteiger partial charge in [-0.1, -0.05) is 90.4 Å². The van der Waals surface area contributed by atoms with E-state index in [2.05, 4.69) is 6.92 Å². The molecule has 0 radical (unpaired) electrons. The molecule has 0 saturated heterocycles. The molecule has 4 heteroatoms. The van der Waals surface area contributed by atoms with Gasteiger partial charge in [-0.3, -0.25) is 4.55 Å². The van der Waals surface area contributed by atoms with Crippen LogP contribution < -0.4 is 0 Å². The van der Waals surface area contributed by atoms with Crippen molar-refractivity contribution < 1.29 is 13.0 Å². The minimum Gasteiger partial charge on any atom is -0.285 e. The van der Waals surface area contributed by atoms with E-state index in [9.17, 15) is 8.42 Å². The molecule has 0 aromatic heterocycles. The minimum absolute atomic E-state index is 0.580. The zero-order valence-corrected chi connectivity index (χ0v) is 15.0. The van der Waals surface area contributed by atoms with Crippen LogP contribution in [-0.4, -0.2) is 18.2 Å². The van der Waals surface area contributed by atoms with Crippen molar-refractivity contribution in [3.63, 3.8) is 0 Å². The highest BCUT2D eigenvalue weighted by molar-refractivity contribution is 7.86. The van der Waals surface area contributed by atoms with Crippen LogP contribution >= 0.6 is 0 Å². The average Bonchev–Trinajstić information content (AvgIpc) is 2.42. The second kappa shape index (κ2) is 13.6. The van der Waals surface area contributed by atoms with Gasteiger partial charge in [0.25, 0.3) is 10.1 Å². The fourth-order valence-corrected chi connectivity index (χ4v) is 3.06. The van der Waals surface area contributed by atoms with Crippen LogP contribution in [0.3, 0.4) is 0 Å². The van der Waals surface area contributed by atoms with Crippen LogP contribution in [0, 0.1) is 0 Å². The molecule has 0 heterocycles. The maximum absolute atomic E-state index is 10.8. The second-order valence-corrected chi connectivity index (χ2v) is 8.19. The lowest BCUT2D eigenvalue weighted by molar-refractivity contribution is 0.461. The first-order valence-electron chi connectivity index (χ1n) is 8.94. The molecule has 0 bridgehead atoms. The predicted molar refractivity (Wildman–Crippen MR) is 91.3 cm³/mol. The lowest BCUT2D eigenvalue weighted by atomic mass is 10.0. The molecule has 0 fully saturated rings. The van der Waals surface area contributed by atoms with Crippen LogP contribution in [0.2, 0.25) is 0 Å². The third-order valence-electron chi connectivity index (χ3n) is 4.22. The van der Waals surface area contributed by atoms with Gasteiger partial charge >= 0.3 is 0 Å². The van der Waals surface area contributed by atoms with E-state index >= 15 is 0 Å². The average molecular weight is 321 g/mol. The molecule has 0 aliphatic heterocycles. The summed E-state index contributed by atoms with van der Waals surface area (Å²) in [6.07, 6.45) is 17.3. The highest BCUT2D eigenvalue weighted by Gasteiger charge is 2.15. The van der Waals surface area contributed by atoms with Gasteiger partial charge in [-0.25, -0.2) is 0 Å². The maximum Gasteiger partial charge on any atom is 0.267 e. The fourth-order valence-electron chi connectivity index (χ4n) is 2.60. The molecular formula is C17H36O3S. The predicted octanol–water partition coefficient (Wildman–Crippen LogP) is 5.74. The molecule has 3 nitrogen and oxygen atoms in total. The second-order valence-electron chi connectivity index (χ2n) is 6.36. The first kappa shape index (κ1) is 20.9. The third-order valence-corrected chi connectivity index (χ3v) is 5.48. The summed E-state index contributed by atoms with van der Waals surface area (Å²) in [5, 5.41) is -0.606. The van der Waals surface area contributed by atoms with E-state index in [1.165, 1.54) is 70.6 Å². The van der Waals surface area contributed by atoms with E-state index in [0.29, 0.717) is 6.42 Å². The summed E-state index contributed by atoms with van der Waals surface area (Å²) in [5.41, 5.74) is 0. The maximum atomic E-state index is 10.8. The van der Waals surface area contributed by atoms with Gasteiger partial charge in [-0.15, -0.1) is 0 Å². The number of hydrogen-bond acceptors (Lipinski definition) is 2. The molecule has 0 spiro atoms. The lowest BCUT2D eigenvalue weighted by Gasteiger charge is -2.07. The summed E-state index contributed by atoms with van der Waals surface area (Å²) in [5.74, 6) is 0. The van der Waals surface area contributed by atoms with Crippen molar-refractivity contribution in [3.8, 4) is 0 Å². The van der Waals surface area contributed by atoms with Crippen LogP contribution in [0.25, 0.3) is 0 Å². The molecule has 21 heavy (non-hydrogen) atoms. The van der Waals surface area contributed by atoms with Crippen LogP contribution in [0.5, 0.6) is 0 Å². The van der Waals surface area contributed by atoms with Crippen molar-refractivity contribution in [2.45, 2.75) is 109 Å². The normalized spacial score (nSPS) is 13.5. The Morgan fingerprint density at radius 2 is 1.05 bits per heavy atom. The van der Waals surface area contributed by atoms with E-state index < -0.39 is 15.4 Å². The van der Waals surface area contributed by atoms with Crippen molar-refractivity contribution in [3.05, 3.63) is 0 Å². The van der Waals surface area contributed by atoms with Gasteiger partial charge in [0, 0.05) is 0 Å². The Balaban J connectivity index is 3.16. The number of rotatable bonds is 15. The van der Waals surface area contributed by atoms with Crippen LogP contribution in [-0.2, 0) is 10.1 Å². The summed E-state index contributed by atoms with van der Waals surface area (Å²) in [6.45, 7) is 3.83. The van der Waals surface area contributed by atoms with Crippen molar-refractivity contribution in [1.29, 1.82) is 0 Å². The molecule has 0 aromatic carbocycles. The molecule has 1 atom stereocenters. The Morgan fingerprint density at radius 1 is 0.714 bits per heavy atom. The lowest BCUT2D eigenvalue weighted by Crippen LogP contribution is -2.16. The zero-order valence-electron chi connectivity index (χ0n) is 14.1. The summed E-state index contributed by atoms with van der Waals surface area (Å²) in [7, 11) is -3.82. The van der Waals surface area contributed by atoms with Crippen molar-refractivity contribution >= 4 is 10.1 Å². The number of hydrogen-bond donors (Lipinski definition) is 1. The standard InChI is InChI=1S/C17H36O3S/c1-3-4-5-6-7-8-9-10-11-12-13-14-15-16-17(2)21(18,19)20/h17H,3-16H2,1-2H3,(H,18,19,20). The Hall–Kier alpha value is -0.0900. The monoisotopic (exact) mass is 320 g/mol. The van der Waals surface area contributed by atoms with E-state index in [-0.39, 0.29) is 0 Å². The van der Waals surface area contributed by atoms with E-state index in [4.69, 9.17) is 4.55 Å². The molecule has 0 rings (SSSR count). The molecule has 128 valence electrons.